The molecule has 0 radical (unpaired) electrons. The molecule has 1 aliphatic heterocycles. The quantitative estimate of drug-likeness (QED) is 0.356. The zero-order valence-electron chi connectivity index (χ0n) is 15.2. The van der Waals surface area contributed by atoms with Gasteiger partial charge in [0.25, 0.3) is 0 Å². The van der Waals surface area contributed by atoms with E-state index < -0.39 is 0 Å². The fourth-order valence-electron chi connectivity index (χ4n) is 4.79. The molecular weight excluding hydrogens is 350 g/mol. The molecule has 1 saturated heterocycles. The van der Waals surface area contributed by atoms with Gasteiger partial charge in [-0.3, -0.25) is 14.4 Å². The highest BCUT2D eigenvalue weighted by molar-refractivity contribution is 6.23. The van der Waals surface area contributed by atoms with Crippen molar-refractivity contribution in [2.45, 2.75) is 6.42 Å². The molecular formula is C24H19NO3. The minimum Gasteiger partial charge on any atom is -0.289 e. The Hall–Kier alpha value is -3.27. The predicted molar refractivity (Wildman–Crippen MR) is 106 cm³/mol. The Morgan fingerprint density at radius 2 is 1.57 bits per heavy atom. The molecule has 2 aromatic carbocycles. The van der Waals surface area contributed by atoms with Crippen molar-refractivity contribution in [3.05, 3.63) is 84.0 Å². The summed E-state index contributed by atoms with van der Waals surface area (Å²) in [5.41, 5.74) is 1.98. The van der Waals surface area contributed by atoms with Gasteiger partial charge in [-0.2, -0.15) is 0 Å². The van der Waals surface area contributed by atoms with E-state index in [1.165, 1.54) is 11.0 Å². The Bertz CT molecular complexity index is 1010. The van der Waals surface area contributed by atoms with Crippen LogP contribution in [0.25, 0.3) is 6.08 Å². The monoisotopic (exact) mass is 369 g/mol. The van der Waals surface area contributed by atoms with Crippen LogP contribution in [0.2, 0.25) is 0 Å². The highest BCUT2D eigenvalue weighted by Crippen LogP contribution is 2.53. The molecule has 5 rings (SSSR count). The SMILES string of the molecule is O=C(/C=C/c1cccc(N2C(=O)[C@@H]3[C@H](C2=O)[C@H]2C=C[C@H]3C2)c1)c1ccccc1. The molecule has 1 saturated carbocycles. The lowest BCUT2D eigenvalue weighted by atomic mass is 9.85. The van der Waals surface area contributed by atoms with Crippen LogP contribution in [0.5, 0.6) is 0 Å². The van der Waals surface area contributed by atoms with Crippen LogP contribution in [0, 0.1) is 23.7 Å². The number of ketones is 1. The van der Waals surface area contributed by atoms with Gasteiger partial charge in [-0.25, -0.2) is 4.90 Å². The van der Waals surface area contributed by atoms with Crippen LogP contribution in [-0.2, 0) is 9.59 Å². The van der Waals surface area contributed by atoms with Crippen LogP contribution in [0.4, 0.5) is 5.69 Å². The summed E-state index contributed by atoms with van der Waals surface area (Å²) < 4.78 is 0. The molecule has 0 N–H and O–H groups in total. The number of fused-ring (bicyclic) bond motifs is 5. The van der Waals surface area contributed by atoms with Crippen LogP contribution in [-0.4, -0.2) is 17.6 Å². The van der Waals surface area contributed by atoms with Crippen LogP contribution in [0.3, 0.4) is 0 Å². The van der Waals surface area contributed by atoms with Gasteiger partial charge in [0.05, 0.1) is 17.5 Å². The van der Waals surface area contributed by atoms with E-state index in [0.29, 0.717) is 11.3 Å². The van der Waals surface area contributed by atoms with Crippen molar-refractivity contribution in [3.63, 3.8) is 0 Å². The summed E-state index contributed by atoms with van der Waals surface area (Å²) in [6, 6.07) is 16.3. The Kier molecular flexibility index (Phi) is 3.86. The third-order valence-electron chi connectivity index (χ3n) is 6.08. The minimum absolute atomic E-state index is 0.0866. The van der Waals surface area contributed by atoms with E-state index in [1.54, 1.807) is 30.3 Å². The van der Waals surface area contributed by atoms with Gasteiger partial charge >= 0.3 is 0 Å². The number of benzene rings is 2. The molecule has 1 heterocycles. The number of carbonyl (C=O) groups excluding carboxylic acids is 3. The Morgan fingerprint density at radius 1 is 0.893 bits per heavy atom. The van der Waals surface area contributed by atoms with E-state index >= 15 is 0 Å². The molecule has 2 fully saturated rings. The van der Waals surface area contributed by atoms with Gasteiger partial charge in [0, 0.05) is 5.56 Å². The second-order valence-corrected chi connectivity index (χ2v) is 7.67. The lowest BCUT2D eigenvalue weighted by Crippen LogP contribution is -2.32. The van der Waals surface area contributed by atoms with Crippen molar-refractivity contribution in [1.82, 2.24) is 0 Å². The minimum atomic E-state index is -0.207. The molecule has 0 spiro atoms. The first-order valence-corrected chi connectivity index (χ1v) is 9.57. The van der Waals surface area contributed by atoms with Gasteiger partial charge in [-0.15, -0.1) is 0 Å². The van der Waals surface area contributed by atoms with Crippen LogP contribution in [0.15, 0.2) is 72.8 Å². The van der Waals surface area contributed by atoms with E-state index in [4.69, 9.17) is 0 Å². The van der Waals surface area contributed by atoms with Gasteiger partial charge in [0.2, 0.25) is 11.8 Å². The number of carbonyl (C=O) groups is 3. The number of hydrogen-bond donors (Lipinski definition) is 0. The number of hydrogen-bond acceptors (Lipinski definition) is 3. The first-order valence-electron chi connectivity index (χ1n) is 9.57. The summed E-state index contributed by atoms with van der Waals surface area (Å²) in [6.07, 6.45) is 8.34. The smallest absolute Gasteiger partial charge is 0.238 e. The van der Waals surface area contributed by atoms with Gasteiger partial charge in [0.15, 0.2) is 5.78 Å². The van der Waals surface area contributed by atoms with E-state index in [0.717, 1.165) is 12.0 Å². The van der Waals surface area contributed by atoms with E-state index in [1.807, 2.05) is 30.3 Å². The number of anilines is 1. The largest absolute Gasteiger partial charge is 0.289 e. The highest BCUT2D eigenvalue weighted by Gasteiger charge is 2.59. The molecule has 0 aromatic heterocycles. The average Bonchev–Trinajstić information content (AvgIpc) is 3.41. The van der Waals surface area contributed by atoms with Crippen molar-refractivity contribution in [1.29, 1.82) is 0 Å². The predicted octanol–water partition coefficient (Wildman–Crippen LogP) is 3.89. The third kappa shape index (κ3) is 2.56. The van der Waals surface area contributed by atoms with Crippen LogP contribution in [0.1, 0.15) is 22.3 Å². The highest BCUT2D eigenvalue weighted by atomic mass is 16.2. The molecule has 3 aliphatic rings. The first kappa shape index (κ1) is 16.9. The maximum Gasteiger partial charge on any atom is 0.238 e. The van der Waals surface area contributed by atoms with Crippen molar-refractivity contribution >= 4 is 29.4 Å². The fraction of sp³-hybridized carbons (Fsp3) is 0.208. The zero-order chi connectivity index (χ0) is 19.3. The molecule has 2 aliphatic carbocycles. The lowest BCUT2D eigenvalue weighted by molar-refractivity contribution is -0.123. The zero-order valence-corrected chi connectivity index (χ0v) is 15.2. The maximum absolute atomic E-state index is 12.9. The van der Waals surface area contributed by atoms with E-state index in [2.05, 4.69) is 12.2 Å². The summed E-state index contributed by atoms with van der Waals surface area (Å²) in [4.78, 5) is 39.5. The lowest BCUT2D eigenvalue weighted by Gasteiger charge is -2.17. The molecule has 2 bridgehead atoms. The number of amides is 2. The number of nitrogens with zero attached hydrogens (tertiary/aromatic N) is 1. The summed E-state index contributed by atoms with van der Waals surface area (Å²) in [5.74, 6) is -0.285. The number of imide groups is 1. The first-order chi connectivity index (χ1) is 13.6. The third-order valence-corrected chi connectivity index (χ3v) is 6.08. The Morgan fingerprint density at radius 3 is 2.25 bits per heavy atom. The molecule has 138 valence electrons. The van der Waals surface area contributed by atoms with Crippen molar-refractivity contribution in [2.75, 3.05) is 4.90 Å². The average molecular weight is 369 g/mol. The van der Waals surface area contributed by atoms with E-state index in [-0.39, 0.29) is 41.3 Å². The molecule has 4 atom stereocenters. The normalized spacial score (nSPS) is 27.8. The molecule has 4 heteroatoms. The summed E-state index contributed by atoms with van der Waals surface area (Å²) in [7, 11) is 0. The fourth-order valence-corrected chi connectivity index (χ4v) is 4.79. The van der Waals surface area contributed by atoms with Gasteiger partial charge in [0.1, 0.15) is 0 Å². The Balaban J connectivity index is 1.39. The number of allylic oxidation sites excluding steroid dienone is 3. The molecule has 4 nitrogen and oxygen atoms in total. The number of rotatable bonds is 4. The standard InChI is InChI=1S/C24H19NO3/c26-20(16-6-2-1-3-7-16)12-9-15-5-4-8-19(13-15)25-23(27)21-17-10-11-18(14-17)22(21)24(25)28/h1-13,17-18,21-22H,14H2/b12-9+/t17-,18-,21-,22+/m0/s1. The van der Waals surface area contributed by atoms with E-state index in [9.17, 15) is 14.4 Å². The second-order valence-electron chi connectivity index (χ2n) is 7.67. The van der Waals surface area contributed by atoms with Crippen LogP contribution >= 0.6 is 0 Å². The van der Waals surface area contributed by atoms with Crippen molar-refractivity contribution < 1.29 is 14.4 Å². The molecule has 0 unspecified atom stereocenters. The Labute approximate surface area is 163 Å². The second kappa shape index (κ2) is 6.41. The van der Waals surface area contributed by atoms with Crippen LogP contribution < -0.4 is 4.90 Å². The molecule has 2 amide bonds. The summed E-state index contributed by atoms with van der Waals surface area (Å²) in [6.45, 7) is 0. The van der Waals surface area contributed by atoms with Crippen molar-refractivity contribution in [3.8, 4) is 0 Å². The van der Waals surface area contributed by atoms with Crippen molar-refractivity contribution in [2.24, 2.45) is 23.7 Å². The summed E-state index contributed by atoms with van der Waals surface area (Å²) in [5, 5.41) is 0. The topological polar surface area (TPSA) is 54.5 Å². The summed E-state index contributed by atoms with van der Waals surface area (Å²) >= 11 is 0. The molecule has 2 aromatic rings. The molecule has 28 heavy (non-hydrogen) atoms. The maximum atomic E-state index is 12.9. The van der Waals surface area contributed by atoms with Gasteiger partial charge < -0.3 is 0 Å². The van der Waals surface area contributed by atoms with Gasteiger partial charge in [-0.1, -0.05) is 60.7 Å². The van der Waals surface area contributed by atoms with Gasteiger partial charge in [-0.05, 0) is 42.0 Å².